The van der Waals surface area contributed by atoms with Gasteiger partial charge in [0.15, 0.2) is 17.3 Å². The van der Waals surface area contributed by atoms with Crippen molar-refractivity contribution >= 4 is 5.91 Å². The summed E-state index contributed by atoms with van der Waals surface area (Å²) >= 11 is 0. The highest BCUT2D eigenvalue weighted by Crippen LogP contribution is 2.39. The predicted octanol–water partition coefficient (Wildman–Crippen LogP) is 3.77. The minimum atomic E-state index is -0.845. The van der Waals surface area contributed by atoms with Crippen molar-refractivity contribution in [3.05, 3.63) is 116 Å². The van der Waals surface area contributed by atoms with Crippen molar-refractivity contribution in [2.75, 3.05) is 33.9 Å². The van der Waals surface area contributed by atoms with Crippen molar-refractivity contribution in [1.82, 2.24) is 9.47 Å². The van der Waals surface area contributed by atoms with E-state index in [4.69, 9.17) is 24.4 Å². The molecule has 0 unspecified atom stereocenters. The zero-order valence-corrected chi connectivity index (χ0v) is 26.5. The van der Waals surface area contributed by atoms with E-state index < -0.39 is 23.0 Å². The molecular formula is C36H39N3O8. The topological polar surface area (TPSA) is 146 Å². The first-order valence-electron chi connectivity index (χ1n) is 15.7. The summed E-state index contributed by atoms with van der Waals surface area (Å²) in [5, 5.41) is 10.9. The maximum Gasteiger partial charge on any atom is 0.250 e. The number of hydrogen-bond donors (Lipinski definition) is 2. The lowest BCUT2D eigenvalue weighted by atomic mass is 9.83. The van der Waals surface area contributed by atoms with E-state index in [0.29, 0.717) is 55.5 Å². The molecule has 0 aliphatic carbocycles. The van der Waals surface area contributed by atoms with Crippen LogP contribution in [0.2, 0.25) is 0 Å². The SMILES string of the molecule is COc1ccc(CCOc2ccc([C@H](CC(N)=O)c3oc(CN4C[C@H]5C[C@@H](C4)c4cccc(=O)n4C5)cc(=O)c3O)cc2OC)cc1. The van der Waals surface area contributed by atoms with Gasteiger partial charge in [0.05, 0.1) is 33.3 Å². The van der Waals surface area contributed by atoms with E-state index in [-0.39, 0.29) is 29.6 Å². The van der Waals surface area contributed by atoms with Gasteiger partial charge in [-0.15, -0.1) is 0 Å². The third kappa shape index (κ3) is 7.05. The molecule has 47 heavy (non-hydrogen) atoms. The number of carbonyl (C=O) groups is 1. The van der Waals surface area contributed by atoms with Crippen LogP contribution in [-0.2, 0) is 24.3 Å². The highest BCUT2D eigenvalue weighted by Gasteiger charge is 2.35. The molecule has 3 atom stereocenters. The number of primary amides is 1. The van der Waals surface area contributed by atoms with Crippen molar-refractivity contribution in [1.29, 1.82) is 0 Å². The van der Waals surface area contributed by atoms with Gasteiger partial charge >= 0.3 is 0 Å². The molecule has 0 spiro atoms. The van der Waals surface area contributed by atoms with Crippen molar-refractivity contribution in [2.24, 2.45) is 11.7 Å². The van der Waals surface area contributed by atoms with Crippen LogP contribution in [0.3, 0.4) is 0 Å². The first-order chi connectivity index (χ1) is 22.7. The maximum absolute atomic E-state index is 13.0. The van der Waals surface area contributed by atoms with E-state index in [1.54, 1.807) is 37.4 Å². The van der Waals surface area contributed by atoms with Crippen LogP contribution in [0.1, 0.15) is 53.0 Å². The average molecular weight is 642 g/mol. The lowest BCUT2D eigenvalue weighted by molar-refractivity contribution is -0.118. The molecule has 2 bridgehead atoms. The molecular weight excluding hydrogens is 602 g/mol. The van der Waals surface area contributed by atoms with Crippen molar-refractivity contribution < 1.29 is 28.5 Å². The summed E-state index contributed by atoms with van der Waals surface area (Å²) in [6.07, 6.45) is 1.45. The molecule has 11 nitrogen and oxygen atoms in total. The van der Waals surface area contributed by atoms with E-state index in [1.165, 1.54) is 13.2 Å². The van der Waals surface area contributed by atoms with E-state index in [9.17, 15) is 19.5 Å². The maximum atomic E-state index is 13.0. The summed E-state index contributed by atoms with van der Waals surface area (Å²) in [5.41, 5.74) is 7.74. The van der Waals surface area contributed by atoms with E-state index in [2.05, 4.69) is 4.90 Å². The summed E-state index contributed by atoms with van der Waals surface area (Å²) in [6.45, 7) is 2.81. The van der Waals surface area contributed by atoms with Gasteiger partial charge in [-0.1, -0.05) is 24.3 Å². The summed E-state index contributed by atoms with van der Waals surface area (Å²) in [4.78, 5) is 39.9. The van der Waals surface area contributed by atoms with Crippen LogP contribution >= 0.6 is 0 Å². The number of aromatic nitrogens is 1. The minimum absolute atomic E-state index is 0.0186. The molecule has 1 amide bonds. The first-order valence-corrected chi connectivity index (χ1v) is 15.7. The third-order valence-corrected chi connectivity index (χ3v) is 9.05. The molecule has 6 rings (SSSR count). The quantitative estimate of drug-likeness (QED) is 0.236. The van der Waals surface area contributed by atoms with Crippen molar-refractivity contribution in [3.8, 4) is 23.0 Å². The Labute approximate surface area is 272 Å². The second-order valence-electron chi connectivity index (χ2n) is 12.3. The molecule has 2 aliphatic heterocycles. The normalized spacial score (nSPS) is 17.8. The Morgan fingerprint density at radius 3 is 2.55 bits per heavy atom. The number of nitrogens with two attached hydrogens (primary N) is 1. The van der Waals surface area contributed by atoms with Crippen LogP contribution in [0.5, 0.6) is 23.0 Å². The molecule has 2 aliphatic rings. The lowest BCUT2D eigenvalue weighted by Crippen LogP contribution is -2.46. The van der Waals surface area contributed by atoms with Gasteiger partial charge in [-0.05, 0) is 53.8 Å². The van der Waals surface area contributed by atoms with Crippen LogP contribution in [0.15, 0.2) is 80.7 Å². The van der Waals surface area contributed by atoms with Crippen LogP contribution in [-0.4, -0.2) is 54.4 Å². The number of methoxy groups -OCH3 is 2. The fourth-order valence-corrected chi connectivity index (χ4v) is 6.87. The molecule has 0 saturated carbocycles. The summed E-state index contributed by atoms with van der Waals surface area (Å²) in [6, 6.07) is 19.6. The number of aromatic hydroxyl groups is 1. The smallest absolute Gasteiger partial charge is 0.250 e. The fraction of sp³-hybridized carbons (Fsp3) is 0.361. The van der Waals surface area contributed by atoms with E-state index in [1.807, 2.05) is 34.9 Å². The van der Waals surface area contributed by atoms with E-state index in [0.717, 1.165) is 30.0 Å². The number of nitrogens with zero attached hydrogens (tertiary/aromatic N) is 2. The molecule has 1 fully saturated rings. The van der Waals surface area contributed by atoms with Gasteiger partial charge in [-0.3, -0.25) is 19.3 Å². The van der Waals surface area contributed by atoms with Crippen LogP contribution in [0.25, 0.3) is 0 Å². The molecule has 11 heteroatoms. The number of amides is 1. The van der Waals surface area contributed by atoms with E-state index >= 15 is 0 Å². The molecule has 2 aromatic heterocycles. The molecule has 1 saturated heterocycles. The Kier molecular flexibility index (Phi) is 9.35. The summed E-state index contributed by atoms with van der Waals surface area (Å²) < 4.78 is 24.9. The van der Waals surface area contributed by atoms with Gasteiger partial charge in [0.1, 0.15) is 11.5 Å². The highest BCUT2D eigenvalue weighted by molar-refractivity contribution is 5.75. The molecule has 0 radical (unpaired) electrons. The molecule has 246 valence electrons. The number of hydrogen-bond acceptors (Lipinski definition) is 9. The monoisotopic (exact) mass is 641 g/mol. The second-order valence-corrected chi connectivity index (χ2v) is 12.3. The first kappa shape index (κ1) is 31.9. The highest BCUT2D eigenvalue weighted by atomic mass is 16.5. The zero-order valence-electron chi connectivity index (χ0n) is 26.5. The summed E-state index contributed by atoms with van der Waals surface area (Å²) in [7, 11) is 3.14. The van der Waals surface area contributed by atoms with Gasteiger partial charge in [-0.25, -0.2) is 0 Å². The number of benzene rings is 2. The minimum Gasteiger partial charge on any atom is -0.502 e. The van der Waals surface area contributed by atoms with Crippen LogP contribution in [0, 0.1) is 5.92 Å². The predicted molar refractivity (Wildman–Crippen MR) is 174 cm³/mol. The Hall–Kier alpha value is -5.03. The zero-order chi connectivity index (χ0) is 33.1. The summed E-state index contributed by atoms with van der Waals surface area (Å²) in [5.74, 6) is 0.477. The third-order valence-electron chi connectivity index (χ3n) is 9.05. The van der Waals surface area contributed by atoms with Gasteiger partial charge in [0.2, 0.25) is 17.1 Å². The largest absolute Gasteiger partial charge is 0.502 e. The van der Waals surface area contributed by atoms with Crippen molar-refractivity contribution in [3.63, 3.8) is 0 Å². The Balaban J connectivity index is 1.22. The fourth-order valence-electron chi connectivity index (χ4n) is 6.87. The van der Waals surface area contributed by atoms with Crippen molar-refractivity contribution in [2.45, 2.75) is 44.2 Å². The number of piperidine rings is 1. The molecule has 3 N–H and O–H groups in total. The Morgan fingerprint density at radius 2 is 1.81 bits per heavy atom. The lowest BCUT2D eigenvalue weighted by Gasteiger charge is -2.42. The second kappa shape index (κ2) is 13.8. The number of carbonyl (C=O) groups excluding carboxylic acids is 1. The van der Waals surface area contributed by atoms with Gasteiger partial charge < -0.3 is 34.0 Å². The Morgan fingerprint density at radius 1 is 1.00 bits per heavy atom. The van der Waals surface area contributed by atoms with Gasteiger partial charge in [0.25, 0.3) is 5.56 Å². The number of fused-ring (bicyclic) bond motifs is 4. The van der Waals surface area contributed by atoms with Crippen LogP contribution < -0.4 is 30.9 Å². The number of pyridine rings is 1. The van der Waals surface area contributed by atoms with Gasteiger partial charge in [-0.2, -0.15) is 0 Å². The number of likely N-dealkylation sites (tertiary alicyclic amines) is 1. The molecule has 4 aromatic rings. The average Bonchev–Trinajstić information content (AvgIpc) is 3.06. The molecule has 2 aromatic carbocycles. The number of ether oxygens (including phenoxy) is 3. The van der Waals surface area contributed by atoms with Crippen LogP contribution in [0.4, 0.5) is 0 Å². The standard InChI is InChI=1S/C36H39N3O8/c1-44-26-9-6-22(7-10-26)12-13-46-31-11-8-24(15-32(31)45-2)28(17-33(37)41)36-35(43)30(40)16-27(47-36)21-38-18-23-14-25(20-38)29-4-3-5-34(42)39(29)19-23/h3-11,15-16,23,25,28,43H,12-14,17-21H2,1-2H3,(H2,37,41)/t23-,25+,28+/m1/s1. The Bertz CT molecular complexity index is 1870. The number of rotatable bonds is 12. The van der Waals surface area contributed by atoms with Gasteiger partial charge in [0, 0.05) is 56.2 Å². The molecule has 4 heterocycles.